The fraction of sp³-hybridized carbons (Fsp3) is 0.444. The molecular weight excluding hydrogens is 430 g/mol. The third-order valence-electron chi connectivity index (χ3n) is 5.72. The summed E-state index contributed by atoms with van der Waals surface area (Å²) in [5.74, 6) is 0.0130. The quantitative estimate of drug-likeness (QED) is 0.637. The Morgan fingerprint density at radius 2 is 1.59 bits per heavy atom. The summed E-state index contributed by atoms with van der Waals surface area (Å²) in [6.07, 6.45) is 1.83. The Morgan fingerprint density at radius 1 is 0.971 bits per heavy atom. The van der Waals surface area contributed by atoms with Crippen LogP contribution in [0.2, 0.25) is 0 Å². The van der Waals surface area contributed by atoms with Gasteiger partial charge in [-0.1, -0.05) is 25.1 Å². The van der Waals surface area contributed by atoms with Gasteiger partial charge in [-0.15, -0.1) is 0 Å². The Kier molecular flexibility index (Phi) is 8.31. The lowest BCUT2D eigenvalue weighted by Gasteiger charge is -2.38. The lowest BCUT2D eigenvalue weighted by Crippen LogP contribution is -2.49. The van der Waals surface area contributed by atoms with Gasteiger partial charge < -0.3 is 14.5 Å². The highest BCUT2D eigenvalue weighted by atomic mass is 16.6. The smallest absolute Gasteiger partial charge is 0.412 e. The average Bonchev–Trinajstić information content (AvgIpc) is 2.81. The molecule has 34 heavy (non-hydrogen) atoms. The minimum Gasteiger partial charge on any atom is -0.444 e. The summed E-state index contributed by atoms with van der Waals surface area (Å²) in [5.41, 5.74) is 1.26. The van der Waals surface area contributed by atoms with Crippen molar-refractivity contribution in [2.75, 3.05) is 25.0 Å². The Hall–Kier alpha value is -3.35. The number of benzene rings is 2. The van der Waals surface area contributed by atoms with Gasteiger partial charge in [0.15, 0.2) is 0 Å². The molecule has 1 N–H and O–H groups in total. The van der Waals surface area contributed by atoms with Crippen LogP contribution in [0.15, 0.2) is 54.6 Å². The lowest BCUT2D eigenvalue weighted by atomic mass is 10.0. The maximum absolute atomic E-state index is 13.3. The van der Waals surface area contributed by atoms with Crippen LogP contribution in [-0.2, 0) is 4.74 Å². The molecule has 3 amide bonds. The maximum Gasteiger partial charge on any atom is 0.412 e. The molecule has 0 atom stereocenters. The van der Waals surface area contributed by atoms with E-state index in [1.165, 1.54) is 0 Å². The molecule has 0 aromatic heterocycles. The number of carbonyl (C=O) groups is 3. The molecule has 1 heterocycles. The van der Waals surface area contributed by atoms with Crippen LogP contribution < -0.4 is 5.32 Å². The number of carbonyl (C=O) groups excluding carboxylic acids is 3. The summed E-state index contributed by atoms with van der Waals surface area (Å²) in [6.45, 7) is 9.39. The van der Waals surface area contributed by atoms with E-state index in [1.54, 1.807) is 45.0 Å². The van der Waals surface area contributed by atoms with Gasteiger partial charge in [0.05, 0.1) is 0 Å². The Bertz CT molecular complexity index is 975. The number of nitrogens with zero attached hydrogens (tertiary/aromatic N) is 2. The molecule has 7 nitrogen and oxygen atoms in total. The van der Waals surface area contributed by atoms with Crippen LogP contribution in [0.1, 0.15) is 67.7 Å². The van der Waals surface area contributed by atoms with Crippen LogP contribution in [0.4, 0.5) is 10.5 Å². The number of ether oxygens (including phenoxy) is 1. The standard InChI is InChI=1S/C27H35N3O4/c1-5-17-30(23-15-18-29(19-16-23)24(31)20-9-7-6-8-10-20)25(32)21-11-13-22(14-12-21)28-26(33)34-27(2,3)4/h6-14,23H,5,15-19H2,1-4H3,(H,28,33). The predicted molar refractivity (Wildman–Crippen MR) is 133 cm³/mol. The van der Waals surface area contributed by atoms with Crippen molar-refractivity contribution < 1.29 is 19.1 Å². The molecule has 0 saturated carbocycles. The number of hydrogen-bond acceptors (Lipinski definition) is 4. The van der Waals surface area contributed by atoms with Crippen molar-refractivity contribution in [3.63, 3.8) is 0 Å². The second-order valence-electron chi connectivity index (χ2n) is 9.59. The summed E-state index contributed by atoms with van der Waals surface area (Å²) >= 11 is 0. The zero-order chi connectivity index (χ0) is 24.7. The Balaban J connectivity index is 1.61. The number of likely N-dealkylation sites (tertiary alicyclic amines) is 1. The molecule has 1 aliphatic heterocycles. The summed E-state index contributed by atoms with van der Waals surface area (Å²) < 4.78 is 5.27. The van der Waals surface area contributed by atoms with Gasteiger partial charge >= 0.3 is 6.09 Å². The van der Waals surface area contributed by atoms with Crippen molar-refractivity contribution in [3.05, 3.63) is 65.7 Å². The van der Waals surface area contributed by atoms with Crippen molar-refractivity contribution in [2.45, 2.75) is 58.6 Å². The van der Waals surface area contributed by atoms with E-state index < -0.39 is 11.7 Å². The van der Waals surface area contributed by atoms with E-state index in [9.17, 15) is 14.4 Å². The Labute approximate surface area is 202 Å². The van der Waals surface area contributed by atoms with E-state index in [4.69, 9.17) is 4.74 Å². The minimum atomic E-state index is -0.581. The van der Waals surface area contributed by atoms with E-state index in [0.29, 0.717) is 36.4 Å². The van der Waals surface area contributed by atoms with Crippen LogP contribution >= 0.6 is 0 Å². The second kappa shape index (κ2) is 11.2. The van der Waals surface area contributed by atoms with E-state index >= 15 is 0 Å². The van der Waals surface area contributed by atoms with Crippen molar-refractivity contribution >= 4 is 23.6 Å². The second-order valence-corrected chi connectivity index (χ2v) is 9.59. The predicted octanol–water partition coefficient (Wildman–Crippen LogP) is 5.19. The molecule has 1 fully saturated rings. The van der Waals surface area contributed by atoms with E-state index in [1.807, 2.05) is 40.1 Å². The van der Waals surface area contributed by atoms with E-state index in [2.05, 4.69) is 12.2 Å². The molecule has 0 bridgehead atoms. The molecule has 0 spiro atoms. The molecule has 0 radical (unpaired) electrons. The van der Waals surface area contributed by atoms with Crippen LogP contribution in [0.5, 0.6) is 0 Å². The first kappa shape index (κ1) is 25.3. The molecule has 1 saturated heterocycles. The summed E-state index contributed by atoms with van der Waals surface area (Å²) in [6, 6.07) is 16.3. The van der Waals surface area contributed by atoms with Gasteiger partial charge in [0.25, 0.3) is 11.8 Å². The summed E-state index contributed by atoms with van der Waals surface area (Å²) in [7, 11) is 0. The highest BCUT2D eigenvalue weighted by molar-refractivity contribution is 5.96. The number of anilines is 1. The third-order valence-corrected chi connectivity index (χ3v) is 5.72. The molecular formula is C27H35N3O4. The van der Waals surface area contributed by atoms with Gasteiger partial charge in [-0.25, -0.2) is 4.79 Å². The average molecular weight is 466 g/mol. The molecule has 0 unspecified atom stereocenters. The largest absolute Gasteiger partial charge is 0.444 e. The van der Waals surface area contributed by atoms with Crippen LogP contribution in [-0.4, -0.2) is 59.0 Å². The highest BCUT2D eigenvalue weighted by Crippen LogP contribution is 2.22. The van der Waals surface area contributed by atoms with Gasteiger partial charge in [0.2, 0.25) is 0 Å². The molecule has 0 aliphatic carbocycles. The zero-order valence-corrected chi connectivity index (χ0v) is 20.5. The Morgan fingerprint density at radius 3 is 2.15 bits per heavy atom. The monoisotopic (exact) mass is 465 g/mol. The summed E-state index contributed by atoms with van der Waals surface area (Å²) in [4.78, 5) is 41.9. The fourth-order valence-corrected chi connectivity index (χ4v) is 4.12. The minimum absolute atomic E-state index is 0.0292. The lowest BCUT2D eigenvalue weighted by molar-refractivity contribution is 0.0518. The molecule has 7 heteroatoms. The number of hydrogen-bond donors (Lipinski definition) is 1. The number of piperidine rings is 1. The molecule has 3 rings (SSSR count). The van der Waals surface area contributed by atoms with Gasteiger partial charge in [-0.05, 0) is 76.4 Å². The first-order chi connectivity index (χ1) is 16.2. The number of rotatable bonds is 6. The molecule has 2 aromatic rings. The van der Waals surface area contributed by atoms with Crippen molar-refractivity contribution in [3.8, 4) is 0 Å². The third kappa shape index (κ3) is 6.83. The number of nitrogens with one attached hydrogen (secondary N) is 1. The van der Waals surface area contributed by atoms with Gasteiger partial charge in [-0.3, -0.25) is 14.9 Å². The highest BCUT2D eigenvalue weighted by Gasteiger charge is 2.30. The van der Waals surface area contributed by atoms with Crippen LogP contribution in [0.3, 0.4) is 0 Å². The van der Waals surface area contributed by atoms with E-state index in [0.717, 1.165) is 19.3 Å². The normalized spacial score (nSPS) is 14.4. The van der Waals surface area contributed by atoms with Crippen molar-refractivity contribution in [2.24, 2.45) is 0 Å². The first-order valence-corrected chi connectivity index (χ1v) is 11.9. The summed E-state index contributed by atoms with van der Waals surface area (Å²) in [5, 5.41) is 2.69. The van der Waals surface area contributed by atoms with Crippen molar-refractivity contribution in [1.82, 2.24) is 9.80 Å². The van der Waals surface area contributed by atoms with Crippen LogP contribution in [0.25, 0.3) is 0 Å². The van der Waals surface area contributed by atoms with Crippen molar-refractivity contribution in [1.29, 1.82) is 0 Å². The fourth-order valence-electron chi connectivity index (χ4n) is 4.12. The van der Waals surface area contributed by atoms with Gasteiger partial charge in [0, 0.05) is 42.5 Å². The molecule has 2 aromatic carbocycles. The van der Waals surface area contributed by atoms with Gasteiger partial charge in [-0.2, -0.15) is 0 Å². The molecule has 182 valence electrons. The van der Waals surface area contributed by atoms with Gasteiger partial charge in [0.1, 0.15) is 5.60 Å². The maximum atomic E-state index is 13.3. The number of amides is 3. The zero-order valence-electron chi connectivity index (χ0n) is 20.5. The molecule has 1 aliphatic rings. The van der Waals surface area contributed by atoms with E-state index in [-0.39, 0.29) is 17.9 Å². The topological polar surface area (TPSA) is 79.0 Å². The van der Waals surface area contributed by atoms with Crippen LogP contribution in [0, 0.1) is 0 Å². The first-order valence-electron chi connectivity index (χ1n) is 11.9. The SMILES string of the molecule is CCCN(C(=O)c1ccc(NC(=O)OC(C)(C)C)cc1)C1CCN(C(=O)c2ccccc2)CC1.